The summed E-state index contributed by atoms with van der Waals surface area (Å²) >= 11 is 0. The van der Waals surface area contributed by atoms with Gasteiger partial charge in [-0.3, -0.25) is 4.79 Å². The summed E-state index contributed by atoms with van der Waals surface area (Å²) in [6.07, 6.45) is 0. The Bertz CT molecular complexity index is 810. The van der Waals surface area contributed by atoms with E-state index in [2.05, 4.69) is 19.2 Å². The molecule has 0 aromatic heterocycles. The van der Waals surface area contributed by atoms with E-state index in [4.69, 9.17) is 0 Å². The van der Waals surface area contributed by atoms with E-state index in [9.17, 15) is 13.2 Å². The van der Waals surface area contributed by atoms with E-state index in [0.717, 1.165) is 5.56 Å². The van der Waals surface area contributed by atoms with E-state index in [1.54, 1.807) is 26.0 Å². The molecule has 0 bridgehead atoms. The zero-order valence-corrected chi connectivity index (χ0v) is 15.9. The molecule has 0 saturated carbocycles. The largest absolute Gasteiger partial charge is 0.345 e. The van der Waals surface area contributed by atoms with Crippen LogP contribution in [0.3, 0.4) is 0 Å². The first-order valence-corrected chi connectivity index (χ1v) is 9.98. The molecule has 134 valence electrons. The smallest absolute Gasteiger partial charge is 0.251 e. The molecule has 25 heavy (non-hydrogen) atoms. The molecule has 5 heteroatoms. The van der Waals surface area contributed by atoms with Gasteiger partial charge in [-0.2, -0.15) is 0 Å². The average Bonchev–Trinajstić information content (AvgIpc) is 2.59. The maximum Gasteiger partial charge on any atom is 0.251 e. The number of carbonyl (C=O) groups is 1. The fraction of sp³-hybridized carbons (Fsp3) is 0.350. The molecule has 1 amide bonds. The van der Waals surface area contributed by atoms with Crippen molar-refractivity contribution in [3.05, 3.63) is 65.7 Å². The van der Waals surface area contributed by atoms with Crippen molar-refractivity contribution in [2.24, 2.45) is 5.92 Å². The second kappa shape index (κ2) is 7.83. The van der Waals surface area contributed by atoms with Gasteiger partial charge < -0.3 is 5.32 Å². The second-order valence-electron chi connectivity index (χ2n) is 6.72. The Balaban J connectivity index is 2.20. The van der Waals surface area contributed by atoms with E-state index in [-0.39, 0.29) is 22.8 Å². The topological polar surface area (TPSA) is 63.2 Å². The molecule has 0 saturated heterocycles. The molecule has 0 fully saturated rings. The summed E-state index contributed by atoms with van der Waals surface area (Å²) in [5.41, 5.74) is 1.49. The first kappa shape index (κ1) is 19.2. The first-order chi connectivity index (χ1) is 11.7. The number of amides is 1. The van der Waals surface area contributed by atoms with E-state index < -0.39 is 15.1 Å². The maximum absolute atomic E-state index is 12.6. The Kier molecular flexibility index (Phi) is 6.01. The first-order valence-electron chi connectivity index (χ1n) is 8.43. The lowest BCUT2D eigenvalue weighted by molar-refractivity contribution is 0.0925. The Labute approximate surface area is 150 Å². The van der Waals surface area contributed by atoms with Gasteiger partial charge >= 0.3 is 0 Å². The van der Waals surface area contributed by atoms with Crippen LogP contribution in [0.2, 0.25) is 0 Å². The molecule has 1 N–H and O–H groups in total. The van der Waals surface area contributed by atoms with Gasteiger partial charge in [-0.05, 0) is 49.6 Å². The van der Waals surface area contributed by atoms with E-state index >= 15 is 0 Å². The van der Waals surface area contributed by atoms with Gasteiger partial charge in [0, 0.05) is 5.56 Å². The van der Waals surface area contributed by atoms with Gasteiger partial charge in [-0.25, -0.2) is 8.42 Å². The van der Waals surface area contributed by atoms with Crippen molar-refractivity contribution in [2.75, 3.05) is 0 Å². The summed E-state index contributed by atoms with van der Waals surface area (Å²) in [7, 11) is -3.33. The van der Waals surface area contributed by atoms with Crippen molar-refractivity contribution < 1.29 is 13.2 Å². The Morgan fingerprint density at radius 2 is 1.44 bits per heavy atom. The molecule has 2 rings (SSSR count). The predicted octanol–water partition coefficient (Wildman–Crippen LogP) is 4.00. The highest BCUT2D eigenvalue weighted by Crippen LogP contribution is 2.22. The maximum atomic E-state index is 12.6. The number of carbonyl (C=O) groups excluding carboxylic acids is 1. The van der Waals surface area contributed by atoms with Gasteiger partial charge in [0.05, 0.1) is 16.2 Å². The molecule has 0 aliphatic heterocycles. The third-order valence-electron chi connectivity index (χ3n) is 4.18. The van der Waals surface area contributed by atoms with Crippen LogP contribution in [-0.4, -0.2) is 19.6 Å². The average molecular weight is 359 g/mol. The van der Waals surface area contributed by atoms with Crippen molar-refractivity contribution in [1.82, 2.24) is 5.32 Å². The SMILES string of the molecule is CC(C)[C@@H](NC(=O)c1ccc(S(=O)(=O)C(C)C)cc1)c1ccccc1. The summed E-state index contributed by atoms with van der Waals surface area (Å²) in [5.74, 6) is 0.0167. The van der Waals surface area contributed by atoms with Crippen LogP contribution in [0.4, 0.5) is 0 Å². The van der Waals surface area contributed by atoms with Crippen LogP contribution in [0.25, 0.3) is 0 Å². The van der Waals surface area contributed by atoms with Crippen LogP contribution < -0.4 is 5.32 Å². The highest BCUT2D eigenvalue weighted by atomic mass is 32.2. The third-order valence-corrected chi connectivity index (χ3v) is 6.35. The zero-order chi connectivity index (χ0) is 18.6. The highest BCUT2D eigenvalue weighted by molar-refractivity contribution is 7.92. The van der Waals surface area contributed by atoms with Gasteiger partial charge in [0.15, 0.2) is 9.84 Å². The van der Waals surface area contributed by atoms with Crippen LogP contribution in [0.1, 0.15) is 49.7 Å². The minimum atomic E-state index is -3.33. The Morgan fingerprint density at radius 3 is 1.92 bits per heavy atom. The number of sulfone groups is 1. The van der Waals surface area contributed by atoms with Gasteiger partial charge in [0.1, 0.15) is 0 Å². The van der Waals surface area contributed by atoms with Crippen LogP contribution in [0.5, 0.6) is 0 Å². The molecular weight excluding hydrogens is 334 g/mol. The van der Waals surface area contributed by atoms with E-state index in [0.29, 0.717) is 5.56 Å². The molecule has 0 aliphatic carbocycles. The summed E-state index contributed by atoms with van der Waals surface area (Å²) in [5, 5.41) is 2.55. The molecule has 0 unspecified atom stereocenters. The molecule has 4 nitrogen and oxygen atoms in total. The van der Waals surface area contributed by atoms with Crippen LogP contribution in [-0.2, 0) is 9.84 Å². The molecule has 2 aromatic carbocycles. The second-order valence-corrected chi connectivity index (χ2v) is 9.23. The normalized spacial score (nSPS) is 13.0. The zero-order valence-electron chi connectivity index (χ0n) is 15.1. The van der Waals surface area contributed by atoms with Crippen molar-refractivity contribution in [3.63, 3.8) is 0 Å². The number of rotatable bonds is 6. The number of hydrogen-bond donors (Lipinski definition) is 1. The third kappa shape index (κ3) is 4.48. The standard InChI is InChI=1S/C20H25NO3S/c1-14(2)19(16-8-6-5-7-9-16)21-20(22)17-10-12-18(13-11-17)25(23,24)15(3)4/h5-15,19H,1-4H3,(H,21,22)/t19-/m1/s1. The monoisotopic (exact) mass is 359 g/mol. The summed E-state index contributed by atoms with van der Waals surface area (Å²) < 4.78 is 24.3. The molecule has 0 aliphatic rings. The fourth-order valence-corrected chi connectivity index (χ4v) is 3.65. The van der Waals surface area contributed by atoms with Gasteiger partial charge in [-0.15, -0.1) is 0 Å². The minimum absolute atomic E-state index is 0.104. The minimum Gasteiger partial charge on any atom is -0.345 e. The lowest BCUT2D eigenvalue weighted by Gasteiger charge is -2.23. The molecule has 0 heterocycles. The Morgan fingerprint density at radius 1 is 0.880 bits per heavy atom. The molecule has 1 atom stereocenters. The summed E-state index contributed by atoms with van der Waals surface area (Å²) in [6, 6.07) is 15.8. The van der Waals surface area contributed by atoms with Crippen molar-refractivity contribution >= 4 is 15.7 Å². The van der Waals surface area contributed by atoms with Crippen molar-refractivity contribution in [1.29, 1.82) is 0 Å². The summed E-state index contributed by atoms with van der Waals surface area (Å²) in [4.78, 5) is 12.8. The number of benzene rings is 2. The molecule has 0 radical (unpaired) electrons. The molecule has 2 aromatic rings. The predicted molar refractivity (Wildman–Crippen MR) is 100 cm³/mol. The van der Waals surface area contributed by atoms with Crippen LogP contribution >= 0.6 is 0 Å². The van der Waals surface area contributed by atoms with E-state index in [1.807, 2.05) is 30.3 Å². The van der Waals surface area contributed by atoms with Crippen molar-refractivity contribution in [2.45, 2.75) is 43.9 Å². The summed E-state index contributed by atoms with van der Waals surface area (Å²) in [6.45, 7) is 7.39. The van der Waals surface area contributed by atoms with Crippen LogP contribution in [0, 0.1) is 5.92 Å². The molecule has 0 spiro atoms. The van der Waals surface area contributed by atoms with Gasteiger partial charge in [0.25, 0.3) is 5.91 Å². The molecular formula is C20H25NO3S. The van der Waals surface area contributed by atoms with Gasteiger partial charge in [0.2, 0.25) is 0 Å². The fourth-order valence-electron chi connectivity index (χ4n) is 2.59. The van der Waals surface area contributed by atoms with Gasteiger partial charge in [-0.1, -0.05) is 44.2 Å². The quantitative estimate of drug-likeness (QED) is 0.848. The number of hydrogen-bond acceptors (Lipinski definition) is 3. The lowest BCUT2D eigenvalue weighted by atomic mass is 9.95. The number of nitrogens with one attached hydrogen (secondary N) is 1. The highest BCUT2D eigenvalue weighted by Gasteiger charge is 2.21. The van der Waals surface area contributed by atoms with Crippen LogP contribution in [0.15, 0.2) is 59.5 Å². The van der Waals surface area contributed by atoms with Crippen molar-refractivity contribution in [3.8, 4) is 0 Å². The van der Waals surface area contributed by atoms with E-state index in [1.165, 1.54) is 12.1 Å². The Hall–Kier alpha value is -2.14. The lowest BCUT2D eigenvalue weighted by Crippen LogP contribution is -2.31.